The zero-order chi connectivity index (χ0) is 17.1. The first-order valence-electron chi connectivity index (χ1n) is 7.48. The summed E-state index contributed by atoms with van der Waals surface area (Å²) in [5.41, 5.74) is 2.78. The molecular formula is C19H17NO4. The van der Waals surface area contributed by atoms with Crippen LogP contribution in [0.2, 0.25) is 0 Å². The molecule has 0 aliphatic heterocycles. The first kappa shape index (κ1) is 15.8. The largest absolute Gasteiger partial charge is 0.493 e. The summed E-state index contributed by atoms with van der Waals surface area (Å²) in [5.74, 6) is 0.316. The number of benzene rings is 2. The number of ketones is 2. The van der Waals surface area contributed by atoms with Gasteiger partial charge >= 0.3 is 0 Å². The number of nitrogens with one attached hydrogen (secondary N) is 1. The van der Waals surface area contributed by atoms with Gasteiger partial charge in [-0.25, -0.2) is 0 Å². The number of Topliss-reactive ketones (excluding diaryl/α,β-unsaturated/α-hetero) is 1. The molecular weight excluding hydrogens is 306 g/mol. The van der Waals surface area contributed by atoms with Gasteiger partial charge in [0.2, 0.25) is 11.6 Å². The van der Waals surface area contributed by atoms with Crippen molar-refractivity contribution in [3.63, 3.8) is 0 Å². The molecule has 1 aliphatic carbocycles. The van der Waals surface area contributed by atoms with E-state index in [4.69, 9.17) is 9.47 Å². The van der Waals surface area contributed by atoms with Crippen LogP contribution < -0.4 is 14.8 Å². The third-order valence-corrected chi connectivity index (χ3v) is 3.89. The molecule has 0 saturated heterocycles. The molecule has 0 bridgehead atoms. The first-order chi connectivity index (χ1) is 11.6. The van der Waals surface area contributed by atoms with Crippen LogP contribution in [0.15, 0.2) is 48.5 Å². The highest BCUT2D eigenvalue weighted by atomic mass is 16.5. The predicted molar refractivity (Wildman–Crippen MR) is 90.1 cm³/mol. The number of hydrogen-bond donors (Lipinski definition) is 1. The normalized spacial score (nSPS) is 13.2. The lowest BCUT2D eigenvalue weighted by molar-refractivity contribution is -0.111. The van der Waals surface area contributed by atoms with Gasteiger partial charge in [0.15, 0.2) is 11.5 Å². The minimum absolute atomic E-state index is 0.430. The van der Waals surface area contributed by atoms with Gasteiger partial charge in [0, 0.05) is 29.4 Å². The molecule has 2 aromatic carbocycles. The molecule has 122 valence electrons. The number of ether oxygens (including phenoxy) is 2. The molecule has 0 aromatic heterocycles. The smallest absolute Gasteiger partial charge is 0.233 e. The maximum Gasteiger partial charge on any atom is 0.233 e. The summed E-state index contributed by atoms with van der Waals surface area (Å²) in [6, 6.07) is 12.7. The van der Waals surface area contributed by atoms with Gasteiger partial charge in [0.1, 0.15) is 0 Å². The van der Waals surface area contributed by atoms with Gasteiger partial charge < -0.3 is 14.8 Å². The van der Waals surface area contributed by atoms with Crippen LogP contribution >= 0.6 is 0 Å². The van der Waals surface area contributed by atoms with E-state index < -0.39 is 11.6 Å². The minimum atomic E-state index is -0.511. The van der Waals surface area contributed by atoms with Crippen molar-refractivity contribution in [1.82, 2.24) is 5.32 Å². The summed E-state index contributed by atoms with van der Waals surface area (Å²) in [6.45, 7) is 0.488. The van der Waals surface area contributed by atoms with Gasteiger partial charge in [0.05, 0.1) is 14.2 Å². The van der Waals surface area contributed by atoms with Crippen molar-refractivity contribution in [3.8, 4) is 11.5 Å². The van der Waals surface area contributed by atoms with Crippen molar-refractivity contribution >= 4 is 17.3 Å². The lowest BCUT2D eigenvalue weighted by atomic mass is 9.93. The molecule has 1 N–H and O–H groups in total. The maximum atomic E-state index is 11.9. The minimum Gasteiger partial charge on any atom is -0.493 e. The van der Waals surface area contributed by atoms with Crippen LogP contribution in [-0.4, -0.2) is 25.8 Å². The molecule has 5 nitrogen and oxygen atoms in total. The molecule has 2 aromatic rings. The zero-order valence-corrected chi connectivity index (χ0v) is 13.5. The lowest BCUT2D eigenvalue weighted by Gasteiger charge is -2.18. The van der Waals surface area contributed by atoms with Crippen molar-refractivity contribution in [2.24, 2.45) is 0 Å². The van der Waals surface area contributed by atoms with E-state index in [1.165, 1.54) is 6.08 Å². The third kappa shape index (κ3) is 2.88. The Bertz CT molecular complexity index is 839. The van der Waals surface area contributed by atoms with E-state index in [0.717, 1.165) is 11.1 Å². The Kier molecular flexibility index (Phi) is 4.33. The number of methoxy groups -OCH3 is 2. The fraction of sp³-hybridized carbons (Fsp3) is 0.158. The summed E-state index contributed by atoms with van der Waals surface area (Å²) in [5, 5.41) is 3.23. The standard InChI is InChI=1S/C19H17NO4/c1-23-17-8-7-12(9-18(17)24-2)11-20-15-10-16(21)19(22)14-6-4-3-5-13(14)15/h3-10,20H,11H2,1-2H3. The fourth-order valence-corrected chi connectivity index (χ4v) is 2.66. The van der Waals surface area contributed by atoms with Crippen molar-refractivity contribution in [2.45, 2.75) is 6.54 Å². The van der Waals surface area contributed by atoms with Crippen LogP contribution in [-0.2, 0) is 11.3 Å². The van der Waals surface area contributed by atoms with Crippen LogP contribution in [0, 0.1) is 0 Å². The average molecular weight is 323 g/mol. The highest BCUT2D eigenvalue weighted by Crippen LogP contribution is 2.28. The van der Waals surface area contributed by atoms with Gasteiger partial charge in [-0.2, -0.15) is 0 Å². The van der Waals surface area contributed by atoms with Gasteiger partial charge in [0.25, 0.3) is 0 Å². The molecule has 24 heavy (non-hydrogen) atoms. The number of carbonyl (C=O) groups excluding carboxylic acids is 2. The van der Waals surface area contributed by atoms with Crippen molar-refractivity contribution in [2.75, 3.05) is 14.2 Å². The van der Waals surface area contributed by atoms with Gasteiger partial charge in [-0.15, -0.1) is 0 Å². The van der Waals surface area contributed by atoms with Crippen LogP contribution in [0.25, 0.3) is 5.70 Å². The summed E-state index contributed by atoms with van der Waals surface area (Å²) in [7, 11) is 3.17. The Morgan fingerprint density at radius 2 is 1.62 bits per heavy atom. The van der Waals surface area contributed by atoms with Gasteiger partial charge in [-0.3, -0.25) is 9.59 Å². The molecule has 0 saturated carbocycles. The highest BCUT2D eigenvalue weighted by molar-refractivity contribution is 6.50. The highest BCUT2D eigenvalue weighted by Gasteiger charge is 2.25. The fourth-order valence-electron chi connectivity index (χ4n) is 2.66. The van der Waals surface area contributed by atoms with Crippen LogP contribution in [0.5, 0.6) is 11.5 Å². The van der Waals surface area contributed by atoms with E-state index in [-0.39, 0.29) is 0 Å². The Labute approximate surface area is 139 Å². The maximum absolute atomic E-state index is 11.9. The monoisotopic (exact) mass is 323 g/mol. The summed E-state index contributed by atoms with van der Waals surface area (Å²) in [4.78, 5) is 23.8. The molecule has 3 rings (SSSR count). The molecule has 0 spiro atoms. The van der Waals surface area contributed by atoms with Crippen molar-refractivity contribution < 1.29 is 19.1 Å². The van der Waals surface area contributed by atoms with Gasteiger partial charge in [-0.05, 0) is 17.7 Å². The van der Waals surface area contributed by atoms with E-state index in [1.807, 2.05) is 30.3 Å². The molecule has 0 amide bonds. The quantitative estimate of drug-likeness (QED) is 0.857. The SMILES string of the molecule is COc1ccc(CNC2=CC(=O)C(=O)c3ccccc32)cc1OC. The second-order valence-electron chi connectivity index (χ2n) is 5.34. The van der Waals surface area contributed by atoms with Crippen molar-refractivity contribution in [1.29, 1.82) is 0 Å². The number of allylic oxidation sites excluding steroid dienone is 1. The van der Waals surface area contributed by atoms with E-state index in [2.05, 4.69) is 5.32 Å². The number of rotatable bonds is 5. The molecule has 0 fully saturated rings. The molecule has 0 radical (unpaired) electrons. The summed E-state index contributed by atoms with van der Waals surface area (Å²) >= 11 is 0. The van der Waals surface area contributed by atoms with E-state index in [0.29, 0.717) is 29.3 Å². The third-order valence-electron chi connectivity index (χ3n) is 3.89. The number of fused-ring (bicyclic) bond motifs is 1. The van der Waals surface area contributed by atoms with Gasteiger partial charge in [-0.1, -0.05) is 30.3 Å². The average Bonchev–Trinajstić information content (AvgIpc) is 2.63. The zero-order valence-electron chi connectivity index (χ0n) is 13.5. The van der Waals surface area contributed by atoms with E-state index >= 15 is 0 Å². The molecule has 0 unspecified atom stereocenters. The number of carbonyl (C=O) groups is 2. The first-order valence-corrected chi connectivity index (χ1v) is 7.48. The van der Waals surface area contributed by atoms with Crippen molar-refractivity contribution in [3.05, 3.63) is 65.2 Å². The number of hydrogen-bond acceptors (Lipinski definition) is 5. The predicted octanol–water partition coefficient (Wildman–Crippen LogP) is 2.60. The summed E-state index contributed by atoms with van der Waals surface area (Å²) in [6.07, 6.45) is 1.35. The van der Waals surface area contributed by atoms with Crippen LogP contribution in [0.4, 0.5) is 0 Å². The molecule has 0 heterocycles. The van der Waals surface area contributed by atoms with Crippen LogP contribution in [0.1, 0.15) is 21.5 Å². The second kappa shape index (κ2) is 6.58. The van der Waals surface area contributed by atoms with E-state index in [9.17, 15) is 9.59 Å². The molecule has 5 heteroatoms. The topological polar surface area (TPSA) is 64.6 Å². The lowest BCUT2D eigenvalue weighted by Crippen LogP contribution is -2.24. The Morgan fingerprint density at radius 3 is 2.33 bits per heavy atom. The Hall–Kier alpha value is -3.08. The second-order valence-corrected chi connectivity index (χ2v) is 5.34. The van der Waals surface area contributed by atoms with E-state index in [1.54, 1.807) is 26.4 Å². The summed E-state index contributed by atoms with van der Waals surface area (Å²) < 4.78 is 10.5. The van der Waals surface area contributed by atoms with Crippen LogP contribution in [0.3, 0.4) is 0 Å². The Morgan fingerprint density at radius 1 is 0.917 bits per heavy atom. The Balaban J connectivity index is 1.83. The molecule has 1 aliphatic rings. The molecule has 0 atom stereocenters.